The van der Waals surface area contributed by atoms with Crippen molar-refractivity contribution < 1.29 is 4.79 Å². The van der Waals surface area contributed by atoms with Gasteiger partial charge in [-0.25, -0.2) is 4.68 Å². The summed E-state index contributed by atoms with van der Waals surface area (Å²) in [6.07, 6.45) is 3.85. The van der Waals surface area contributed by atoms with Crippen LogP contribution in [-0.4, -0.2) is 20.3 Å². The molecular formula is C23H21BrN4O. The van der Waals surface area contributed by atoms with E-state index in [4.69, 9.17) is 0 Å². The van der Waals surface area contributed by atoms with Gasteiger partial charge in [0.1, 0.15) is 5.56 Å². The van der Waals surface area contributed by atoms with Crippen molar-refractivity contribution in [3.8, 4) is 11.5 Å². The minimum atomic E-state index is -0.149. The molecular weight excluding hydrogens is 428 g/mol. The lowest BCUT2D eigenvalue weighted by Gasteiger charge is -2.12. The van der Waals surface area contributed by atoms with Crippen LogP contribution in [0.1, 0.15) is 27.2 Å². The number of nitrogens with zero attached hydrogens (tertiary/aromatic N) is 3. The molecule has 0 spiro atoms. The molecule has 0 saturated heterocycles. The maximum atomic E-state index is 13.1. The average Bonchev–Trinajstić information content (AvgIpc) is 3.34. The van der Waals surface area contributed by atoms with Crippen molar-refractivity contribution in [1.82, 2.24) is 19.7 Å². The summed E-state index contributed by atoms with van der Waals surface area (Å²) in [6, 6.07) is 19.9. The Morgan fingerprint density at radius 1 is 1.03 bits per heavy atom. The minimum absolute atomic E-state index is 0.149. The van der Waals surface area contributed by atoms with Crippen molar-refractivity contribution in [1.29, 1.82) is 0 Å². The Hall–Kier alpha value is -3.12. The molecule has 0 fully saturated rings. The number of aryl methyl sites for hydroxylation is 2. The summed E-state index contributed by atoms with van der Waals surface area (Å²) in [7, 11) is 0. The van der Waals surface area contributed by atoms with Gasteiger partial charge in [-0.2, -0.15) is 5.10 Å². The van der Waals surface area contributed by atoms with Gasteiger partial charge in [0.2, 0.25) is 0 Å². The first-order valence-corrected chi connectivity index (χ1v) is 10.1. The van der Waals surface area contributed by atoms with Crippen LogP contribution < -0.4 is 5.32 Å². The highest BCUT2D eigenvalue weighted by Crippen LogP contribution is 2.23. The molecule has 0 aliphatic heterocycles. The monoisotopic (exact) mass is 448 g/mol. The lowest BCUT2D eigenvalue weighted by Crippen LogP contribution is -2.24. The Morgan fingerprint density at radius 3 is 2.45 bits per heavy atom. The van der Waals surface area contributed by atoms with Gasteiger partial charge in [0, 0.05) is 23.4 Å². The fourth-order valence-corrected chi connectivity index (χ4v) is 3.73. The molecule has 2 heterocycles. The van der Waals surface area contributed by atoms with E-state index in [1.165, 1.54) is 5.56 Å². The van der Waals surface area contributed by atoms with E-state index in [2.05, 4.69) is 26.3 Å². The maximum Gasteiger partial charge on any atom is 0.257 e. The fourth-order valence-electron chi connectivity index (χ4n) is 3.28. The summed E-state index contributed by atoms with van der Waals surface area (Å²) in [4.78, 5) is 13.1. The van der Waals surface area contributed by atoms with Gasteiger partial charge in [0.15, 0.2) is 5.82 Å². The lowest BCUT2D eigenvalue weighted by atomic mass is 10.2. The molecule has 2 aromatic carbocycles. The first kappa shape index (κ1) is 19.2. The third-order valence-corrected chi connectivity index (χ3v) is 5.23. The van der Waals surface area contributed by atoms with E-state index >= 15 is 0 Å². The predicted molar refractivity (Wildman–Crippen MR) is 118 cm³/mol. The van der Waals surface area contributed by atoms with Crippen LogP contribution in [-0.2, 0) is 6.54 Å². The molecule has 0 unspecified atom stereocenters. The molecule has 29 heavy (non-hydrogen) atoms. The van der Waals surface area contributed by atoms with Gasteiger partial charge in [-0.3, -0.25) is 4.79 Å². The molecule has 0 atom stereocenters. The number of hydrogen-bond donors (Lipinski definition) is 1. The first-order chi connectivity index (χ1) is 14.0. The Bertz CT molecular complexity index is 1140. The summed E-state index contributed by atoms with van der Waals surface area (Å²) in [5.41, 5.74) is 4.36. The molecule has 6 heteroatoms. The molecule has 1 amide bonds. The number of aromatic nitrogens is 3. The Kier molecular flexibility index (Phi) is 5.36. The van der Waals surface area contributed by atoms with E-state index in [0.717, 1.165) is 21.5 Å². The summed E-state index contributed by atoms with van der Waals surface area (Å²) in [5, 5.41) is 7.72. The molecule has 4 rings (SSSR count). The average molecular weight is 449 g/mol. The van der Waals surface area contributed by atoms with E-state index in [-0.39, 0.29) is 5.91 Å². The molecule has 0 aliphatic rings. The standard InChI is InChI=1S/C23H21BrN4O/c1-16-8-10-20(11-9-16)28-23(27-12-3-4-13-27)21(17(2)26-28)22(29)25-15-18-6-5-7-19(24)14-18/h3-14H,15H2,1-2H3,(H,25,29). The van der Waals surface area contributed by atoms with E-state index in [0.29, 0.717) is 17.8 Å². The van der Waals surface area contributed by atoms with Crippen LogP contribution in [0.2, 0.25) is 0 Å². The zero-order chi connectivity index (χ0) is 20.4. The SMILES string of the molecule is Cc1ccc(-n2nc(C)c(C(=O)NCc3cccc(Br)c3)c2-n2cccc2)cc1. The third-order valence-electron chi connectivity index (χ3n) is 4.73. The topological polar surface area (TPSA) is 51.9 Å². The van der Waals surface area contributed by atoms with Crippen molar-refractivity contribution in [3.63, 3.8) is 0 Å². The van der Waals surface area contributed by atoms with Crippen molar-refractivity contribution in [2.24, 2.45) is 0 Å². The highest BCUT2D eigenvalue weighted by Gasteiger charge is 2.23. The van der Waals surface area contributed by atoms with E-state index < -0.39 is 0 Å². The van der Waals surface area contributed by atoms with Crippen LogP contribution in [0.3, 0.4) is 0 Å². The molecule has 0 aliphatic carbocycles. The van der Waals surface area contributed by atoms with Crippen LogP contribution in [0, 0.1) is 13.8 Å². The molecule has 146 valence electrons. The second-order valence-electron chi connectivity index (χ2n) is 6.93. The zero-order valence-corrected chi connectivity index (χ0v) is 17.8. The molecule has 0 radical (unpaired) electrons. The van der Waals surface area contributed by atoms with Crippen LogP contribution >= 0.6 is 15.9 Å². The second-order valence-corrected chi connectivity index (χ2v) is 7.85. The van der Waals surface area contributed by atoms with Gasteiger partial charge >= 0.3 is 0 Å². The van der Waals surface area contributed by atoms with Crippen molar-refractivity contribution in [2.75, 3.05) is 0 Å². The van der Waals surface area contributed by atoms with Crippen molar-refractivity contribution >= 4 is 21.8 Å². The Labute approximate surface area is 178 Å². The van der Waals surface area contributed by atoms with Crippen LogP contribution in [0.5, 0.6) is 0 Å². The molecule has 0 saturated carbocycles. The van der Waals surface area contributed by atoms with Crippen molar-refractivity contribution in [2.45, 2.75) is 20.4 Å². The smallest absolute Gasteiger partial charge is 0.257 e. The van der Waals surface area contributed by atoms with E-state index in [9.17, 15) is 4.79 Å². The number of amides is 1. The highest BCUT2D eigenvalue weighted by atomic mass is 79.9. The number of nitrogens with one attached hydrogen (secondary N) is 1. The third kappa shape index (κ3) is 4.03. The van der Waals surface area contributed by atoms with Gasteiger partial charge in [-0.15, -0.1) is 0 Å². The van der Waals surface area contributed by atoms with Gasteiger partial charge in [0.05, 0.1) is 11.4 Å². The van der Waals surface area contributed by atoms with Gasteiger partial charge in [0.25, 0.3) is 5.91 Å². The largest absolute Gasteiger partial charge is 0.348 e. The summed E-state index contributed by atoms with van der Waals surface area (Å²) in [6.45, 7) is 4.36. The van der Waals surface area contributed by atoms with Crippen LogP contribution in [0.15, 0.2) is 77.5 Å². The van der Waals surface area contributed by atoms with E-state index in [1.54, 1.807) is 0 Å². The van der Waals surface area contributed by atoms with Crippen molar-refractivity contribution in [3.05, 3.63) is 99.9 Å². The first-order valence-electron chi connectivity index (χ1n) is 9.35. The Balaban J connectivity index is 1.72. The molecule has 1 N–H and O–H groups in total. The Morgan fingerprint density at radius 2 is 1.76 bits per heavy atom. The number of hydrogen-bond acceptors (Lipinski definition) is 2. The predicted octanol–water partition coefficient (Wildman–Crippen LogP) is 4.97. The summed E-state index contributed by atoms with van der Waals surface area (Å²) >= 11 is 3.47. The minimum Gasteiger partial charge on any atom is -0.348 e. The normalized spacial score (nSPS) is 10.9. The van der Waals surface area contributed by atoms with E-state index in [1.807, 2.05) is 96.2 Å². The quantitative estimate of drug-likeness (QED) is 0.468. The van der Waals surface area contributed by atoms with Gasteiger partial charge < -0.3 is 9.88 Å². The molecule has 5 nitrogen and oxygen atoms in total. The number of benzene rings is 2. The number of carbonyl (C=O) groups excluding carboxylic acids is 1. The van der Waals surface area contributed by atoms with Crippen LogP contribution in [0.25, 0.3) is 11.5 Å². The fraction of sp³-hybridized carbons (Fsp3) is 0.130. The zero-order valence-electron chi connectivity index (χ0n) is 16.3. The highest BCUT2D eigenvalue weighted by molar-refractivity contribution is 9.10. The van der Waals surface area contributed by atoms with Gasteiger partial charge in [-0.1, -0.05) is 45.8 Å². The second kappa shape index (κ2) is 8.09. The lowest BCUT2D eigenvalue weighted by molar-refractivity contribution is 0.0950. The van der Waals surface area contributed by atoms with Gasteiger partial charge in [-0.05, 0) is 55.8 Å². The number of carbonyl (C=O) groups is 1. The maximum absolute atomic E-state index is 13.1. The molecule has 4 aromatic rings. The molecule has 2 aromatic heterocycles. The number of rotatable bonds is 5. The summed E-state index contributed by atoms with van der Waals surface area (Å²) < 4.78 is 4.73. The number of halogens is 1. The summed E-state index contributed by atoms with van der Waals surface area (Å²) in [5.74, 6) is 0.577. The van der Waals surface area contributed by atoms with Crippen LogP contribution in [0.4, 0.5) is 0 Å². The molecule has 0 bridgehead atoms.